The highest BCUT2D eigenvalue weighted by Gasteiger charge is 2.57. The van der Waals surface area contributed by atoms with Gasteiger partial charge in [0.1, 0.15) is 31.5 Å². The van der Waals surface area contributed by atoms with Crippen LogP contribution in [-0.4, -0.2) is 68.9 Å². The van der Waals surface area contributed by atoms with Crippen molar-refractivity contribution in [2.75, 3.05) is 19.8 Å². The summed E-state index contributed by atoms with van der Waals surface area (Å²) in [5, 5.41) is 30.4. The zero-order valence-electron chi connectivity index (χ0n) is 22.1. The molecule has 0 amide bonds. The SMILES string of the molecule is O=c1ccn([C@@H]2O[C@](F)(COP(=O)(OCc3ccccc3)OOCC(CO)OCc3ccccc3)[C@@H](O)[C@H]2O)c(=O)[nH]1. The first-order valence-electron chi connectivity index (χ1n) is 12.7. The smallest absolute Gasteiger partial charge is 0.394 e. The maximum atomic E-state index is 15.7. The van der Waals surface area contributed by atoms with Gasteiger partial charge in [0, 0.05) is 12.3 Å². The third kappa shape index (κ3) is 8.26. The van der Waals surface area contributed by atoms with E-state index in [1.165, 1.54) is 0 Å². The Morgan fingerprint density at radius 2 is 1.64 bits per heavy atom. The second-order valence-electron chi connectivity index (χ2n) is 9.19. The Hall–Kier alpha value is -3.08. The number of phosphoric ester groups is 1. The largest absolute Gasteiger partial charge is 0.502 e. The van der Waals surface area contributed by atoms with Crippen LogP contribution in [0.2, 0.25) is 0 Å². The van der Waals surface area contributed by atoms with Crippen molar-refractivity contribution < 1.29 is 52.4 Å². The molecule has 4 rings (SSSR count). The van der Waals surface area contributed by atoms with Gasteiger partial charge in [-0.3, -0.25) is 23.4 Å². The molecule has 1 aliphatic rings. The van der Waals surface area contributed by atoms with Crippen molar-refractivity contribution >= 4 is 7.82 Å². The quantitative estimate of drug-likeness (QED) is 0.110. The molecule has 4 N–H and O–H groups in total. The number of phosphoric acid groups is 1. The van der Waals surface area contributed by atoms with Crippen molar-refractivity contribution in [3.8, 4) is 0 Å². The van der Waals surface area contributed by atoms with E-state index < -0.39 is 69.3 Å². The Labute approximate surface area is 238 Å². The Balaban J connectivity index is 1.41. The van der Waals surface area contributed by atoms with Gasteiger partial charge in [-0.1, -0.05) is 60.7 Å². The van der Waals surface area contributed by atoms with E-state index in [-0.39, 0.29) is 13.2 Å². The minimum absolute atomic E-state index is 0.134. The van der Waals surface area contributed by atoms with Crippen molar-refractivity contribution in [3.63, 3.8) is 0 Å². The van der Waals surface area contributed by atoms with Crippen LogP contribution in [-0.2, 0) is 45.9 Å². The topological polar surface area (TPSA) is 188 Å². The van der Waals surface area contributed by atoms with Gasteiger partial charge in [-0.15, -0.1) is 4.67 Å². The molecule has 2 heterocycles. The van der Waals surface area contributed by atoms with Crippen LogP contribution in [0.25, 0.3) is 0 Å². The normalized spacial score (nSPS) is 24.3. The summed E-state index contributed by atoms with van der Waals surface area (Å²) >= 11 is 0. The molecule has 1 aliphatic heterocycles. The Bertz CT molecular complexity index is 1440. The van der Waals surface area contributed by atoms with E-state index in [1.54, 1.807) is 30.3 Å². The summed E-state index contributed by atoms with van der Waals surface area (Å²) in [6.45, 7) is -2.40. The number of rotatable bonds is 15. The van der Waals surface area contributed by atoms with Crippen LogP contribution in [0.1, 0.15) is 17.4 Å². The molecule has 0 saturated carbocycles. The number of nitrogens with one attached hydrogen (secondary N) is 1. The minimum Gasteiger partial charge on any atom is -0.394 e. The Kier molecular flexibility index (Phi) is 10.9. The number of nitrogens with zero attached hydrogens (tertiary/aromatic N) is 1. The van der Waals surface area contributed by atoms with Crippen LogP contribution < -0.4 is 11.2 Å². The fraction of sp³-hybridized carbons (Fsp3) is 0.385. The zero-order valence-corrected chi connectivity index (χ0v) is 23.0. The molecule has 1 aromatic heterocycles. The van der Waals surface area contributed by atoms with Crippen LogP contribution in [0, 0.1) is 0 Å². The van der Waals surface area contributed by atoms with Crippen LogP contribution in [0.5, 0.6) is 0 Å². The molecule has 16 heteroatoms. The molecule has 228 valence electrons. The monoisotopic (exact) mass is 612 g/mol. The first kappa shape index (κ1) is 31.8. The number of halogens is 1. The van der Waals surface area contributed by atoms with Gasteiger partial charge in [0.2, 0.25) is 0 Å². The van der Waals surface area contributed by atoms with E-state index in [0.717, 1.165) is 17.8 Å². The number of aromatic nitrogens is 2. The molecule has 2 unspecified atom stereocenters. The lowest BCUT2D eigenvalue weighted by molar-refractivity contribution is -0.256. The van der Waals surface area contributed by atoms with Gasteiger partial charge in [0.15, 0.2) is 6.23 Å². The predicted octanol–water partition coefficient (Wildman–Crippen LogP) is 1.32. The predicted molar refractivity (Wildman–Crippen MR) is 141 cm³/mol. The highest BCUT2D eigenvalue weighted by atomic mass is 31.2. The standard InChI is InChI=1S/C26H30FN2O12P/c27-26(23(33)22(32)24(40-26)29-12-11-21(31)28-25(29)34)17-39-42(35,38-15-19-9-5-2-6-10-19)41-37-16-20(13-30)36-14-18-7-3-1-4-8-18/h1-12,20,22-24,30,32-33H,13-17H2,(H,28,31,34)/t20?,22-,23+,24-,26-,42?/m1/s1. The molecular weight excluding hydrogens is 582 g/mol. The molecule has 42 heavy (non-hydrogen) atoms. The number of aromatic amines is 1. The van der Waals surface area contributed by atoms with Crippen LogP contribution in [0.4, 0.5) is 4.39 Å². The van der Waals surface area contributed by atoms with Gasteiger partial charge in [0.05, 0.1) is 19.8 Å². The van der Waals surface area contributed by atoms with Gasteiger partial charge in [-0.25, -0.2) is 18.6 Å². The summed E-state index contributed by atoms with van der Waals surface area (Å²) in [5.74, 6) is -3.21. The van der Waals surface area contributed by atoms with E-state index in [0.29, 0.717) is 10.1 Å². The number of aliphatic hydroxyl groups excluding tert-OH is 3. The highest BCUT2D eigenvalue weighted by molar-refractivity contribution is 7.48. The number of H-pyrrole nitrogens is 1. The molecule has 6 atom stereocenters. The van der Waals surface area contributed by atoms with E-state index >= 15 is 4.39 Å². The van der Waals surface area contributed by atoms with Gasteiger partial charge in [-0.05, 0) is 11.1 Å². The first-order valence-corrected chi connectivity index (χ1v) is 14.1. The van der Waals surface area contributed by atoms with Crippen molar-refractivity contribution in [2.24, 2.45) is 0 Å². The van der Waals surface area contributed by atoms with Gasteiger partial charge in [-0.2, -0.15) is 0 Å². The van der Waals surface area contributed by atoms with Crippen molar-refractivity contribution in [3.05, 3.63) is 105 Å². The van der Waals surface area contributed by atoms with E-state index in [4.69, 9.17) is 28.1 Å². The summed E-state index contributed by atoms with van der Waals surface area (Å²) in [6.07, 6.45) is -6.01. The van der Waals surface area contributed by atoms with Gasteiger partial charge >= 0.3 is 13.5 Å². The molecular formula is C26H30FN2O12P. The van der Waals surface area contributed by atoms with Crippen LogP contribution in [0.15, 0.2) is 82.5 Å². The fourth-order valence-corrected chi connectivity index (χ4v) is 4.80. The molecule has 0 bridgehead atoms. The van der Waals surface area contributed by atoms with Crippen molar-refractivity contribution in [1.29, 1.82) is 0 Å². The maximum absolute atomic E-state index is 15.7. The summed E-state index contributed by atoms with van der Waals surface area (Å²) in [4.78, 5) is 30.4. The van der Waals surface area contributed by atoms with E-state index in [2.05, 4.69) is 0 Å². The van der Waals surface area contributed by atoms with Crippen molar-refractivity contribution in [1.82, 2.24) is 9.55 Å². The van der Waals surface area contributed by atoms with Crippen LogP contribution >= 0.6 is 7.82 Å². The third-order valence-electron chi connectivity index (χ3n) is 6.08. The second kappa shape index (κ2) is 14.4. The Morgan fingerprint density at radius 3 is 2.26 bits per heavy atom. The molecule has 3 aromatic rings. The van der Waals surface area contributed by atoms with E-state index in [9.17, 15) is 29.5 Å². The number of hydrogen-bond donors (Lipinski definition) is 4. The summed E-state index contributed by atoms with van der Waals surface area (Å²) in [6, 6.07) is 18.4. The number of alkyl halides is 1. The summed E-state index contributed by atoms with van der Waals surface area (Å²) in [7, 11) is -4.77. The number of benzene rings is 2. The average Bonchev–Trinajstić information content (AvgIpc) is 3.22. The number of hydrogen-bond acceptors (Lipinski definition) is 12. The molecule has 14 nitrogen and oxygen atoms in total. The first-order chi connectivity index (χ1) is 20.1. The van der Waals surface area contributed by atoms with Crippen LogP contribution in [0.3, 0.4) is 0 Å². The number of aliphatic hydroxyl groups is 3. The molecule has 0 aliphatic carbocycles. The molecule has 0 radical (unpaired) electrons. The minimum atomic E-state index is -4.77. The van der Waals surface area contributed by atoms with Gasteiger partial charge in [0.25, 0.3) is 11.4 Å². The van der Waals surface area contributed by atoms with E-state index in [1.807, 2.05) is 35.3 Å². The average molecular weight is 613 g/mol. The highest BCUT2D eigenvalue weighted by Crippen LogP contribution is 2.52. The van der Waals surface area contributed by atoms with Gasteiger partial charge < -0.3 is 24.8 Å². The lowest BCUT2D eigenvalue weighted by atomic mass is 10.1. The molecule has 2 aromatic carbocycles. The lowest BCUT2D eigenvalue weighted by Crippen LogP contribution is -2.43. The fourth-order valence-electron chi connectivity index (χ4n) is 3.81. The number of ether oxygens (including phenoxy) is 2. The zero-order chi connectivity index (χ0) is 30.2. The lowest BCUT2D eigenvalue weighted by Gasteiger charge is -2.25. The van der Waals surface area contributed by atoms with Crippen molar-refractivity contribution in [2.45, 2.75) is 43.6 Å². The molecule has 1 saturated heterocycles. The summed E-state index contributed by atoms with van der Waals surface area (Å²) < 4.78 is 55.7. The Morgan fingerprint density at radius 1 is 1.00 bits per heavy atom. The molecule has 1 fully saturated rings. The maximum Gasteiger partial charge on any atom is 0.502 e. The molecule has 0 spiro atoms. The second-order valence-corrected chi connectivity index (χ2v) is 10.7. The third-order valence-corrected chi connectivity index (χ3v) is 7.26. The summed E-state index contributed by atoms with van der Waals surface area (Å²) in [5.41, 5.74) is -0.415.